The number of nitrogens with one attached hydrogen (secondary N) is 1. The summed E-state index contributed by atoms with van der Waals surface area (Å²) >= 11 is 8.68. The number of hydrogen-bond donors (Lipinski definition) is 1. The Morgan fingerprint density at radius 3 is 2.72 bits per heavy atom. The van der Waals surface area contributed by atoms with Gasteiger partial charge in [0.25, 0.3) is 5.91 Å². The van der Waals surface area contributed by atoms with Crippen LogP contribution in [0.3, 0.4) is 0 Å². The molecule has 5 heterocycles. The van der Waals surface area contributed by atoms with Crippen molar-refractivity contribution in [3.8, 4) is 0 Å². The second-order valence-corrected chi connectivity index (χ2v) is 12.3. The number of carbonyl (C=O) groups excluding carboxylic acids is 2. The van der Waals surface area contributed by atoms with Gasteiger partial charge in [0.15, 0.2) is 4.34 Å². The minimum Gasteiger partial charge on any atom is -0.378 e. The summed E-state index contributed by atoms with van der Waals surface area (Å²) in [4.78, 5) is 41.6. The molecule has 0 atom stereocenters. The summed E-state index contributed by atoms with van der Waals surface area (Å²) in [6.45, 7) is 3.76. The Bertz CT molecular complexity index is 1380. The van der Waals surface area contributed by atoms with Crippen molar-refractivity contribution in [2.75, 3.05) is 61.6 Å². The number of pyridine rings is 2. The fourth-order valence-corrected chi connectivity index (χ4v) is 6.62. The molecule has 3 aromatic heterocycles. The fraction of sp³-hybridized carbons (Fsp3) is 0.440. The lowest BCUT2D eigenvalue weighted by Crippen LogP contribution is -2.57. The molecule has 3 aliphatic rings. The molecule has 2 amide bonds. The van der Waals surface area contributed by atoms with Crippen LogP contribution < -0.4 is 15.1 Å². The number of morpholine rings is 1. The molecular formula is C25H27ClN8O3S2. The minimum absolute atomic E-state index is 0.0848. The van der Waals surface area contributed by atoms with Gasteiger partial charge in [0.2, 0.25) is 11.0 Å². The van der Waals surface area contributed by atoms with E-state index in [2.05, 4.69) is 35.3 Å². The van der Waals surface area contributed by atoms with Crippen molar-refractivity contribution in [2.24, 2.45) is 0 Å². The van der Waals surface area contributed by atoms with Crippen molar-refractivity contribution in [1.82, 2.24) is 25.1 Å². The van der Waals surface area contributed by atoms with Crippen molar-refractivity contribution < 1.29 is 14.3 Å². The highest BCUT2D eigenvalue weighted by Gasteiger charge is 2.57. The zero-order valence-corrected chi connectivity index (χ0v) is 23.7. The molecule has 3 aromatic rings. The van der Waals surface area contributed by atoms with Crippen LogP contribution in [0.5, 0.6) is 0 Å². The first kappa shape index (κ1) is 26.4. The fourth-order valence-electron chi connectivity index (χ4n) is 4.85. The average molecular weight is 587 g/mol. The number of ether oxygens (including phenoxy) is 1. The maximum absolute atomic E-state index is 13.4. The van der Waals surface area contributed by atoms with Gasteiger partial charge in [-0.3, -0.25) is 29.7 Å². The molecule has 3 fully saturated rings. The van der Waals surface area contributed by atoms with Crippen LogP contribution in [0.25, 0.3) is 0 Å². The maximum atomic E-state index is 13.4. The Labute approximate surface area is 238 Å². The van der Waals surface area contributed by atoms with Crippen LogP contribution in [0.1, 0.15) is 28.9 Å². The molecule has 0 aromatic carbocycles. The van der Waals surface area contributed by atoms with Gasteiger partial charge in [-0.2, -0.15) is 0 Å². The molecule has 1 aliphatic carbocycles. The van der Waals surface area contributed by atoms with Gasteiger partial charge in [0.1, 0.15) is 11.4 Å². The second kappa shape index (κ2) is 11.0. The number of aromatic nitrogens is 4. The lowest BCUT2D eigenvalue weighted by Gasteiger charge is -2.39. The Morgan fingerprint density at radius 2 is 1.97 bits per heavy atom. The van der Waals surface area contributed by atoms with Crippen LogP contribution >= 0.6 is 34.7 Å². The van der Waals surface area contributed by atoms with Crippen LogP contribution in [0.2, 0.25) is 5.02 Å². The lowest BCUT2D eigenvalue weighted by molar-refractivity contribution is -0.126. The van der Waals surface area contributed by atoms with E-state index >= 15 is 0 Å². The number of piperazine rings is 1. The van der Waals surface area contributed by atoms with Gasteiger partial charge >= 0.3 is 0 Å². The summed E-state index contributed by atoms with van der Waals surface area (Å²) < 4.78 is 6.25. The van der Waals surface area contributed by atoms with Gasteiger partial charge in [0, 0.05) is 50.4 Å². The Balaban J connectivity index is 1.19. The number of anilines is 3. The third kappa shape index (κ3) is 5.46. The van der Waals surface area contributed by atoms with Crippen LogP contribution in [0.15, 0.2) is 34.9 Å². The zero-order chi connectivity index (χ0) is 27.0. The van der Waals surface area contributed by atoms with Crippen LogP contribution in [-0.4, -0.2) is 88.9 Å². The second-order valence-electron chi connectivity index (χ2n) is 9.65. The molecule has 0 radical (unpaired) electrons. The first-order chi connectivity index (χ1) is 18.9. The van der Waals surface area contributed by atoms with Gasteiger partial charge in [-0.05, 0) is 32.0 Å². The molecule has 1 saturated carbocycles. The van der Waals surface area contributed by atoms with E-state index in [0.717, 1.165) is 30.8 Å². The topological polar surface area (TPSA) is 117 Å². The monoisotopic (exact) mass is 586 g/mol. The highest BCUT2D eigenvalue weighted by molar-refractivity contribution is 8.00. The Hall–Kier alpha value is -2.84. The van der Waals surface area contributed by atoms with E-state index in [1.54, 1.807) is 23.4 Å². The van der Waals surface area contributed by atoms with Gasteiger partial charge in [-0.25, -0.2) is 4.98 Å². The van der Waals surface area contributed by atoms with Crippen molar-refractivity contribution in [1.29, 1.82) is 0 Å². The Kier molecular flexibility index (Phi) is 7.42. The summed E-state index contributed by atoms with van der Waals surface area (Å²) in [7, 11) is 2.01. The van der Waals surface area contributed by atoms with E-state index in [0.29, 0.717) is 64.5 Å². The number of rotatable bonds is 7. The smallest absolute Gasteiger partial charge is 0.261 e. The molecule has 11 nitrogen and oxygen atoms in total. The summed E-state index contributed by atoms with van der Waals surface area (Å²) in [6.07, 6.45) is 4.91. The molecule has 1 spiro atoms. The highest BCUT2D eigenvalue weighted by Crippen LogP contribution is 2.45. The van der Waals surface area contributed by atoms with E-state index in [-0.39, 0.29) is 11.8 Å². The molecule has 2 aliphatic heterocycles. The number of likely N-dealkylation sites (N-methyl/N-ethyl adjacent to an activating group) is 1. The van der Waals surface area contributed by atoms with Gasteiger partial charge < -0.3 is 9.64 Å². The van der Waals surface area contributed by atoms with Crippen molar-refractivity contribution in [3.05, 3.63) is 46.9 Å². The van der Waals surface area contributed by atoms with Gasteiger partial charge in [0.05, 0.1) is 35.2 Å². The molecule has 2 saturated heterocycles. The molecule has 39 heavy (non-hydrogen) atoms. The SMILES string of the molecule is CN1CCN(c2cc(N3CCOCC3)c(C(=O)Nc3nnc(SCc4ccc(Cl)cn4)s3)cn2)C(=O)C12CC2. The normalized spacial score (nSPS) is 19.0. The minimum atomic E-state index is -0.397. The van der Waals surface area contributed by atoms with Crippen molar-refractivity contribution in [3.63, 3.8) is 0 Å². The highest BCUT2D eigenvalue weighted by atomic mass is 35.5. The number of hydrogen-bond acceptors (Lipinski definition) is 11. The van der Waals surface area contributed by atoms with Crippen molar-refractivity contribution in [2.45, 2.75) is 28.5 Å². The number of amides is 2. The molecule has 204 valence electrons. The predicted molar refractivity (Wildman–Crippen MR) is 151 cm³/mol. The quantitative estimate of drug-likeness (QED) is 0.327. The van der Waals surface area contributed by atoms with E-state index in [4.69, 9.17) is 16.3 Å². The molecular weight excluding hydrogens is 560 g/mol. The standard InChI is InChI=1S/C25H27ClN8O3S2/c1-32-6-7-34(22(36)25(32)4-5-25)20-12-19(33-8-10-37-11-9-33)18(14-28-20)21(35)29-23-30-31-24(39-23)38-15-17-3-2-16(26)13-27-17/h2-3,12-14H,4-11,15H2,1H3,(H,29,30,35). The summed E-state index contributed by atoms with van der Waals surface area (Å²) in [5.74, 6) is 0.939. The predicted octanol–water partition coefficient (Wildman–Crippen LogP) is 3.17. The molecule has 6 rings (SSSR count). The van der Waals surface area contributed by atoms with Crippen LogP contribution in [-0.2, 0) is 15.3 Å². The van der Waals surface area contributed by atoms with E-state index in [1.807, 2.05) is 19.2 Å². The van der Waals surface area contributed by atoms with Gasteiger partial charge in [-0.1, -0.05) is 34.7 Å². The maximum Gasteiger partial charge on any atom is 0.261 e. The summed E-state index contributed by atoms with van der Waals surface area (Å²) in [5, 5.41) is 12.2. The molecule has 0 unspecified atom stereocenters. The van der Waals surface area contributed by atoms with E-state index in [9.17, 15) is 9.59 Å². The summed E-state index contributed by atoms with van der Waals surface area (Å²) in [6, 6.07) is 5.52. The first-order valence-electron chi connectivity index (χ1n) is 12.7. The molecule has 1 N–H and O–H groups in total. The number of nitrogens with zero attached hydrogens (tertiary/aromatic N) is 7. The zero-order valence-electron chi connectivity index (χ0n) is 21.3. The number of carbonyl (C=O) groups is 2. The van der Waals surface area contributed by atoms with Gasteiger partial charge in [-0.15, -0.1) is 10.2 Å². The molecule has 14 heteroatoms. The average Bonchev–Trinajstić information content (AvgIpc) is 3.65. The third-order valence-corrected chi connectivity index (χ3v) is 9.49. The first-order valence-corrected chi connectivity index (χ1v) is 14.8. The van der Waals surface area contributed by atoms with E-state index in [1.165, 1.54) is 23.1 Å². The molecule has 0 bridgehead atoms. The van der Waals surface area contributed by atoms with Crippen LogP contribution in [0.4, 0.5) is 16.6 Å². The van der Waals surface area contributed by atoms with Crippen molar-refractivity contribution >= 4 is 63.2 Å². The lowest BCUT2D eigenvalue weighted by atomic mass is 10.1. The summed E-state index contributed by atoms with van der Waals surface area (Å²) in [5.41, 5.74) is 1.62. The van der Waals surface area contributed by atoms with E-state index < -0.39 is 5.54 Å². The third-order valence-electron chi connectivity index (χ3n) is 7.26. The largest absolute Gasteiger partial charge is 0.378 e. The Morgan fingerprint density at radius 1 is 1.15 bits per heavy atom. The van der Waals surface area contributed by atoms with Crippen LogP contribution in [0, 0.1) is 0 Å². The number of thioether (sulfide) groups is 1. The number of halogens is 1.